The predicted molar refractivity (Wildman–Crippen MR) is 73.0 cm³/mol. The topological polar surface area (TPSA) is 12.0 Å². The molecule has 1 unspecified atom stereocenters. The zero-order valence-electron chi connectivity index (χ0n) is 11.1. The summed E-state index contributed by atoms with van der Waals surface area (Å²) in [5.74, 6) is -0.465. The zero-order valence-corrected chi connectivity index (χ0v) is 11.1. The first-order chi connectivity index (χ1) is 9.10. The second-order valence-corrected chi connectivity index (χ2v) is 4.70. The van der Waals surface area contributed by atoms with Crippen LogP contribution in [-0.4, -0.2) is 7.05 Å². The molecule has 0 saturated heterocycles. The maximum absolute atomic E-state index is 14.0. The zero-order chi connectivity index (χ0) is 13.8. The molecule has 1 nitrogen and oxygen atoms in total. The molecular formula is C16H17F2N. The molecule has 0 aliphatic rings. The van der Waals surface area contributed by atoms with Crippen molar-refractivity contribution in [3.8, 4) is 0 Å². The van der Waals surface area contributed by atoms with Crippen molar-refractivity contribution in [3.05, 3.63) is 70.8 Å². The largest absolute Gasteiger partial charge is 0.313 e. The third kappa shape index (κ3) is 3.38. The van der Waals surface area contributed by atoms with Crippen LogP contribution in [0, 0.1) is 18.6 Å². The van der Waals surface area contributed by atoms with E-state index in [9.17, 15) is 8.78 Å². The fourth-order valence-corrected chi connectivity index (χ4v) is 2.14. The van der Waals surface area contributed by atoms with E-state index in [1.165, 1.54) is 18.2 Å². The van der Waals surface area contributed by atoms with Crippen molar-refractivity contribution in [2.45, 2.75) is 19.4 Å². The molecule has 0 fully saturated rings. The monoisotopic (exact) mass is 261 g/mol. The van der Waals surface area contributed by atoms with Gasteiger partial charge in [0, 0.05) is 11.6 Å². The molecule has 0 aliphatic heterocycles. The molecule has 0 aliphatic carbocycles. The number of benzene rings is 2. The van der Waals surface area contributed by atoms with Gasteiger partial charge in [-0.15, -0.1) is 0 Å². The first-order valence-electron chi connectivity index (χ1n) is 6.28. The molecule has 0 heterocycles. The molecule has 2 rings (SSSR count). The third-order valence-corrected chi connectivity index (χ3v) is 3.23. The first kappa shape index (κ1) is 13.7. The predicted octanol–water partition coefficient (Wildman–Crippen LogP) is 3.78. The maximum Gasteiger partial charge on any atom is 0.128 e. The molecule has 2 aromatic carbocycles. The average Bonchev–Trinajstić information content (AvgIpc) is 2.39. The Balaban J connectivity index is 2.22. The molecular weight excluding hydrogens is 244 g/mol. The number of hydrogen-bond donors (Lipinski definition) is 1. The van der Waals surface area contributed by atoms with Crippen LogP contribution in [0.5, 0.6) is 0 Å². The van der Waals surface area contributed by atoms with Crippen molar-refractivity contribution in [2.75, 3.05) is 7.05 Å². The lowest BCUT2D eigenvalue weighted by Gasteiger charge is -2.18. The van der Waals surface area contributed by atoms with Gasteiger partial charge in [0.1, 0.15) is 11.6 Å². The van der Waals surface area contributed by atoms with Gasteiger partial charge in [0.15, 0.2) is 0 Å². The minimum absolute atomic E-state index is 0.119. The molecule has 19 heavy (non-hydrogen) atoms. The maximum atomic E-state index is 14.0. The van der Waals surface area contributed by atoms with Crippen molar-refractivity contribution in [1.82, 2.24) is 5.32 Å². The van der Waals surface area contributed by atoms with Crippen LogP contribution in [0.4, 0.5) is 8.78 Å². The van der Waals surface area contributed by atoms with Gasteiger partial charge in [-0.2, -0.15) is 0 Å². The van der Waals surface area contributed by atoms with Crippen molar-refractivity contribution < 1.29 is 8.78 Å². The average molecular weight is 261 g/mol. The van der Waals surface area contributed by atoms with E-state index in [2.05, 4.69) is 5.32 Å². The summed E-state index contributed by atoms with van der Waals surface area (Å²) in [5.41, 5.74) is 2.51. The summed E-state index contributed by atoms with van der Waals surface area (Å²) >= 11 is 0. The number of aryl methyl sites for hydroxylation is 1. The van der Waals surface area contributed by atoms with Crippen LogP contribution in [0.3, 0.4) is 0 Å². The summed E-state index contributed by atoms with van der Waals surface area (Å²) in [6.45, 7) is 1.86. The lowest BCUT2D eigenvalue weighted by molar-refractivity contribution is 0.533. The Morgan fingerprint density at radius 3 is 2.32 bits per heavy atom. The normalized spacial score (nSPS) is 12.4. The molecule has 3 heteroatoms. The van der Waals surface area contributed by atoms with Crippen LogP contribution in [0.2, 0.25) is 0 Å². The Kier molecular flexibility index (Phi) is 4.27. The lowest BCUT2D eigenvalue weighted by atomic mass is 9.97. The number of rotatable bonds is 4. The fourth-order valence-electron chi connectivity index (χ4n) is 2.14. The molecule has 0 saturated carbocycles. The van der Waals surface area contributed by atoms with Gasteiger partial charge in [0.25, 0.3) is 0 Å². The molecule has 100 valence electrons. The Morgan fingerprint density at radius 2 is 1.74 bits per heavy atom. The second-order valence-electron chi connectivity index (χ2n) is 4.70. The molecule has 0 bridgehead atoms. The summed E-state index contributed by atoms with van der Waals surface area (Å²) < 4.78 is 26.8. The Bertz CT molecular complexity index is 549. The van der Waals surface area contributed by atoms with Crippen LogP contribution in [-0.2, 0) is 6.42 Å². The molecule has 0 spiro atoms. The first-order valence-corrected chi connectivity index (χ1v) is 6.28. The standard InChI is InChI=1S/C16H17F2N/c1-11-3-8-14(15(18)9-11)16(19-2)10-12-4-6-13(17)7-5-12/h3-9,16,19H,10H2,1-2H3. The van der Waals surface area contributed by atoms with E-state index < -0.39 is 0 Å². The van der Waals surface area contributed by atoms with E-state index in [1.54, 1.807) is 25.2 Å². The molecule has 1 N–H and O–H groups in total. The van der Waals surface area contributed by atoms with E-state index in [0.29, 0.717) is 12.0 Å². The summed E-state index contributed by atoms with van der Waals surface area (Å²) in [7, 11) is 1.80. The molecule has 2 aromatic rings. The van der Waals surface area contributed by atoms with Crippen molar-refractivity contribution in [1.29, 1.82) is 0 Å². The van der Waals surface area contributed by atoms with E-state index in [-0.39, 0.29) is 17.7 Å². The van der Waals surface area contributed by atoms with Gasteiger partial charge in [-0.1, -0.05) is 24.3 Å². The van der Waals surface area contributed by atoms with Gasteiger partial charge in [-0.05, 0) is 49.7 Å². The van der Waals surface area contributed by atoms with Crippen LogP contribution >= 0.6 is 0 Å². The number of halogens is 2. The second kappa shape index (κ2) is 5.93. The van der Waals surface area contributed by atoms with E-state index >= 15 is 0 Å². The van der Waals surface area contributed by atoms with Gasteiger partial charge in [0.2, 0.25) is 0 Å². The fraction of sp³-hybridized carbons (Fsp3) is 0.250. The van der Waals surface area contributed by atoms with Crippen LogP contribution < -0.4 is 5.32 Å². The highest BCUT2D eigenvalue weighted by atomic mass is 19.1. The Labute approximate surface area is 112 Å². The van der Waals surface area contributed by atoms with Crippen LogP contribution in [0.15, 0.2) is 42.5 Å². The molecule has 0 aromatic heterocycles. The van der Waals surface area contributed by atoms with E-state index in [4.69, 9.17) is 0 Å². The summed E-state index contributed by atoms with van der Waals surface area (Å²) in [6, 6.07) is 11.4. The van der Waals surface area contributed by atoms with Gasteiger partial charge in [-0.3, -0.25) is 0 Å². The SMILES string of the molecule is CNC(Cc1ccc(F)cc1)c1ccc(C)cc1F. The minimum Gasteiger partial charge on any atom is -0.313 e. The molecule has 0 amide bonds. The quantitative estimate of drug-likeness (QED) is 0.883. The molecule has 0 radical (unpaired) electrons. The summed E-state index contributed by atoms with van der Waals surface area (Å²) in [5, 5.41) is 3.11. The van der Waals surface area contributed by atoms with Crippen molar-refractivity contribution in [3.63, 3.8) is 0 Å². The number of hydrogen-bond acceptors (Lipinski definition) is 1. The third-order valence-electron chi connectivity index (χ3n) is 3.23. The van der Waals surface area contributed by atoms with Gasteiger partial charge in [0.05, 0.1) is 0 Å². The van der Waals surface area contributed by atoms with Crippen LogP contribution in [0.1, 0.15) is 22.7 Å². The van der Waals surface area contributed by atoms with Gasteiger partial charge >= 0.3 is 0 Å². The lowest BCUT2D eigenvalue weighted by Crippen LogP contribution is -2.20. The Hall–Kier alpha value is -1.74. The smallest absolute Gasteiger partial charge is 0.128 e. The van der Waals surface area contributed by atoms with E-state index in [1.807, 2.05) is 13.0 Å². The van der Waals surface area contributed by atoms with Crippen molar-refractivity contribution >= 4 is 0 Å². The van der Waals surface area contributed by atoms with E-state index in [0.717, 1.165) is 11.1 Å². The highest BCUT2D eigenvalue weighted by molar-refractivity contribution is 5.28. The highest BCUT2D eigenvalue weighted by Crippen LogP contribution is 2.22. The van der Waals surface area contributed by atoms with Gasteiger partial charge in [-0.25, -0.2) is 8.78 Å². The highest BCUT2D eigenvalue weighted by Gasteiger charge is 2.14. The summed E-state index contributed by atoms with van der Waals surface area (Å²) in [6.07, 6.45) is 0.622. The number of nitrogens with one attached hydrogen (secondary N) is 1. The van der Waals surface area contributed by atoms with Crippen LogP contribution in [0.25, 0.3) is 0 Å². The minimum atomic E-state index is -0.258. The van der Waals surface area contributed by atoms with Gasteiger partial charge < -0.3 is 5.32 Å². The molecule has 1 atom stereocenters. The summed E-state index contributed by atoms with van der Waals surface area (Å²) in [4.78, 5) is 0. The van der Waals surface area contributed by atoms with Crippen molar-refractivity contribution in [2.24, 2.45) is 0 Å². The number of likely N-dealkylation sites (N-methyl/N-ethyl adjacent to an activating group) is 1. The Morgan fingerprint density at radius 1 is 1.05 bits per heavy atom.